The minimum atomic E-state index is -3.75. The molecule has 132 valence electrons. The van der Waals surface area contributed by atoms with E-state index in [-0.39, 0.29) is 10.7 Å². The molecule has 0 spiro atoms. The Morgan fingerprint density at radius 3 is 2.35 bits per heavy atom. The van der Waals surface area contributed by atoms with Crippen LogP contribution in [0.4, 0.5) is 5.82 Å². The maximum atomic E-state index is 12.6. The largest absolute Gasteiger partial charge is 0.497 e. The van der Waals surface area contributed by atoms with Gasteiger partial charge in [-0.3, -0.25) is 4.72 Å². The fourth-order valence-electron chi connectivity index (χ4n) is 2.33. The second kappa shape index (κ2) is 7.84. The van der Waals surface area contributed by atoms with E-state index in [1.54, 1.807) is 30.5 Å². The van der Waals surface area contributed by atoms with Gasteiger partial charge < -0.3 is 4.74 Å². The van der Waals surface area contributed by atoms with Crippen LogP contribution in [-0.4, -0.2) is 20.5 Å². The second-order valence-electron chi connectivity index (χ2n) is 5.47. The molecule has 2 aromatic carbocycles. The summed E-state index contributed by atoms with van der Waals surface area (Å²) in [6.07, 6.45) is 5.28. The third-order valence-corrected chi connectivity index (χ3v) is 5.05. The van der Waals surface area contributed by atoms with Crippen molar-refractivity contribution in [1.82, 2.24) is 4.98 Å². The molecule has 5 nitrogen and oxygen atoms in total. The Labute approximate surface area is 153 Å². The van der Waals surface area contributed by atoms with E-state index in [2.05, 4.69) is 9.71 Å². The Hall–Kier alpha value is -3.12. The molecule has 0 aliphatic carbocycles. The monoisotopic (exact) mass is 366 g/mol. The minimum Gasteiger partial charge on any atom is -0.497 e. The maximum Gasteiger partial charge on any atom is 0.263 e. The van der Waals surface area contributed by atoms with Crippen LogP contribution in [0, 0.1) is 0 Å². The standard InChI is InChI=1S/C20H18N2O3S/c1-25-18-11-13-19(14-12-18)26(23,24)22-20-17(8-5-15-21-20)10-9-16-6-3-2-4-7-16/h2-15H,1H3,(H,21,22)/b10-9+. The van der Waals surface area contributed by atoms with Crippen molar-refractivity contribution in [2.24, 2.45) is 0 Å². The van der Waals surface area contributed by atoms with Gasteiger partial charge in [-0.1, -0.05) is 42.5 Å². The lowest BCUT2D eigenvalue weighted by Crippen LogP contribution is -2.14. The van der Waals surface area contributed by atoms with Gasteiger partial charge in [0, 0.05) is 11.8 Å². The van der Waals surface area contributed by atoms with Crippen LogP contribution in [-0.2, 0) is 10.0 Å². The number of sulfonamides is 1. The molecule has 0 radical (unpaired) electrons. The molecule has 0 aliphatic rings. The molecule has 0 unspecified atom stereocenters. The average Bonchev–Trinajstić information content (AvgIpc) is 2.68. The number of rotatable bonds is 6. The molecule has 26 heavy (non-hydrogen) atoms. The summed E-state index contributed by atoms with van der Waals surface area (Å²) in [4.78, 5) is 4.31. The lowest BCUT2D eigenvalue weighted by atomic mass is 10.1. The summed E-state index contributed by atoms with van der Waals surface area (Å²) < 4.78 is 32.8. The van der Waals surface area contributed by atoms with Crippen molar-refractivity contribution >= 4 is 28.0 Å². The number of aromatic nitrogens is 1. The van der Waals surface area contributed by atoms with Crippen LogP contribution in [0.1, 0.15) is 11.1 Å². The van der Waals surface area contributed by atoms with Gasteiger partial charge in [0.1, 0.15) is 11.6 Å². The molecule has 0 atom stereocenters. The van der Waals surface area contributed by atoms with E-state index >= 15 is 0 Å². The Kier molecular flexibility index (Phi) is 5.34. The molecule has 0 saturated heterocycles. The molecule has 3 aromatic rings. The second-order valence-corrected chi connectivity index (χ2v) is 7.15. The summed E-state index contributed by atoms with van der Waals surface area (Å²) in [5.41, 5.74) is 1.69. The highest BCUT2D eigenvalue weighted by molar-refractivity contribution is 7.92. The van der Waals surface area contributed by atoms with Crippen molar-refractivity contribution in [2.75, 3.05) is 11.8 Å². The van der Waals surface area contributed by atoms with E-state index < -0.39 is 10.0 Å². The minimum absolute atomic E-state index is 0.141. The molecule has 1 heterocycles. The molecule has 0 amide bonds. The van der Waals surface area contributed by atoms with Gasteiger partial charge in [-0.05, 0) is 42.0 Å². The van der Waals surface area contributed by atoms with Crippen molar-refractivity contribution in [3.05, 3.63) is 84.1 Å². The Balaban J connectivity index is 1.86. The van der Waals surface area contributed by atoms with Crippen LogP contribution < -0.4 is 9.46 Å². The van der Waals surface area contributed by atoms with Crippen LogP contribution in [0.2, 0.25) is 0 Å². The number of anilines is 1. The number of nitrogens with zero attached hydrogens (tertiary/aromatic N) is 1. The molecule has 6 heteroatoms. The SMILES string of the molecule is COc1ccc(S(=O)(=O)Nc2ncccc2/C=C/c2ccccc2)cc1. The summed E-state index contributed by atoms with van der Waals surface area (Å²) in [5, 5.41) is 0. The average molecular weight is 366 g/mol. The lowest BCUT2D eigenvalue weighted by molar-refractivity contribution is 0.414. The summed E-state index contributed by atoms with van der Waals surface area (Å²) in [6.45, 7) is 0. The number of nitrogens with one attached hydrogen (secondary N) is 1. The Bertz CT molecular complexity index is 999. The number of ether oxygens (including phenoxy) is 1. The Morgan fingerprint density at radius 1 is 0.923 bits per heavy atom. The molecule has 0 saturated carbocycles. The first-order chi connectivity index (χ1) is 12.6. The van der Waals surface area contributed by atoms with Crippen molar-refractivity contribution < 1.29 is 13.2 Å². The fourth-order valence-corrected chi connectivity index (χ4v) is 3.37. The number of methoxy groups -OCH3 is 1. The third kappa shape index (κ3) is 4.29. The van der Waals surface area contributed by atoms with Gasteiger partial charge in [-0.2, -0.15) is 0 Å². The molecular weight excluding hydrogens is 348 g/mol. The van der Waals surface area contributed by atoms with Gasteiger partial charge in [0.05, 0.1) is 12.0 Å². The summed E-state index contributed by atoms with van der Waals surface area (Å²) in [5.74, 6) is 0.865. The van der Waals surface area contributed by atoms with Crippen LogP contribution in [0.25, 0.3) is 12.2 Å². The molecule has 0 fully saturated rings. The quantitative estimate of drug-likeness (QED) is 0.714. The van der Waals surface area contributed by atoms with E-state index in [0.717, 1.165) is 5.56 Å². The smallest absolute Gasteiger partial charge is 0.263 e. The molecule has 3 rings (SSSR count). The van der Waals surface area contributed by atoms with Crippen LogP contribution in [0.15, 0.2) is 77.8 Å². The first kappa shape index (κ1) is 17.7. The van der Waals surface area contributed by atoms with Gasteiger partial charge >= 0.3 is 0 Å². The van der Waals surface area contributed by atoms with E-state index in [1.807, 2.05) is 42.5 Å². The van der Waals surface area contributed by atoms with Crippen molar-refractivity contribution in [1.29, 1.82) is 0 Å². The van der Waals surface area contributed by atoms with E-state index in [1.165, 1.54) is 19.2 Å². The van der Waals surface area contributed by atoms with Gasteiger partial charge in [0.25, 0.3) is 10.0 Å². The zero-order chi connectivity index (χ0) is 18.4. The first-order valence-corrected chi connectivity index (χ1v) is 9.42. The fraction of sp³-hybridized carbons (Fsp3) is 0.0500. The number of benzene rings is 2. The number of pyridine rings is 1. The van der Waals surface area contributed by atoms with Gasteiger partial charge in [-0.15, -0.1) is 0 Å². The predicted molar refractivity (Wildman–Crippen MR) is 103 cm³/mol. The summed E-state index contributed by atoms with van der Waals surface area (Å²) >= 11 is 0. The van der Waals surface area contributed by atoms with Gasteiger partial charge in [0.15, 0.2) is 0 Å². The highest BCUT2D eigenvalue weighted by atomic mass is 32.2. The zero-order valence-corrected chi connectivity index (χ0v) is 15.0. The molecule has 0 aliphatic heterocycles. The van der Waals surface area contributed by atoms with Crippen molar-refractivity contribution in [3.8, 4) is 5.75 Å². The topological polar surface area (TPSA) is 68.3 Å². The predicted octanol–water partition coefficient (Wildman–Crippen LogP) is 4.06. The van der Waals surface area contributed by atoms with Gasteiger partial charge in [-0.25, -0.2) is 13.4 Å². The third-order valence-electron chi connectivity index (χ3n) is 3.69. The van der Waals surface area contributed by atoms with Crippen molar-refractivity contribution in [3.63, 3.8) is 0 Å². The van der Waals surface area contributed by atoms with Gasteiger partial charge in [0.2, 0.25) is 0 Å². The zero-order valence-electron chi connectivity index (χ0n) is 14.2. The molecule has 1 aromatic heterocycles. The maximum absolute atomic E-state index is 12.6. The number of hydrogen-bond acceptors (Lipinski definition) is 4. The Morgan fingerprint density at radius 2 is 1.65 bits per heavy atom. The molecule has 1 N–H and O–H groups in total. The van der Waals surface area contributed by atoms with Crippen LogP contribution in [0.5, 0.6) is 5.75 Å². The normalized spacial score (nSPS) is 11.4. The van der Waals surface area contributed by atoms with E-state index in [0.29, 0.717) is 11.3 Å². The lowest BCUT2D eigenvalue weighted by Gasteiger charge is -2.10. The van der Waals surface area contributed by atoms with Crippen LogP contribution in [0.3, 0.4) is 0 Å². The van der Waals surface area contributed by atoms with E-state index in [4.69, 9.17) is 4.74 Å². The molecular formula is C20H18N2O3S. The highest BCUT2D eigenvalue weighted by Gasteiger charge is 2.16. The molecule has 0 bridgehead atoms. The summed E-state index contributed by atoms with van der Waals surface area (Å²) in [7, 11) is -2.22. The number of hydrogen-bond donors (Lipinski definition) is 1. The first-order valence-electron chi connectivity index (χ1n) is 7.93. The summed E-state index contributed by atoms with van der Waals surface area (Å²) in [6, 6.07) is 19.5. The highest BCUT2D eigenvalue weighted by Crippen LogP contribution is 2.21. The van der Waals surface area contributed by atoms with Crippen molar-refractivity contribution in [2.45, 2.75) is 4.90 Å². The van der Waals surface area contributed by atoms with Crippen LogP contribution >= 0.6 is 0 Å². The van der Waals surface area contributed by atoms with E-state index in [9.17, 15) is 8.42 Å².